The van der Waals surface area contributed by atoms with Gasteiger partial charge < -0.3 is 0 Å². The van der Waals surface area contributed by atoms with Crippen LogP contribution in [0.2, 0.25) is 0 Å². The number of nitrogens with zero attached hydrogens (tertiary/aromatic N) is 2. The molecule has 2 aliphatic rings. The number of carbonyl (C=O) groups excluding carboxylic acids is 1. The minimum Gasteiger partial charge on any atom is -0.286 e. The van der Waals surface area contributed by atoms with E-state index < -0.39 is 0 Å². The highest BCUT2D eigenvalue weighted by molar-refractivity contribution is 9.10. The second-order valence-corrected chi connectivity index (χ2v) is 6.37. The molecule has 3 rings (SSSR count). The van der Waals surface area contributed by atoms with Gasteiger partial charge >= 0.3 is 0 Å². The number of carbonyl (C=O) groups is 1. The van der Waals surface area contributed by atoms with Crippen LogP contribution in [0.5, 0.6) is 0 Å². The van der Waals surface area contributed by atoms with Gasteiger partial charge in [0.2, 0.25) is 0 Å². The van der Waals surface area contributed by atoms with Crippen LogP contribution in [0.3, 0.4) is 0 Å². The average Bonchev–Trinajstić information content (AvgIpc) is 2.60. The molecule has 0 aliphatic carbocycles. The Labute approximate surface area is 124 Å². The quantitative estimate of drug-likeness (QED) is 0.735. The molecule has 0 bridgehead atoms. The summed E-state index contributed by atoms with van der Waals surface area (Å²) in [6, 6.07) is 7.85. The Balaban J connectivity index is 1.94. The number of benzene rings is 1. The predicted molar refractivity (Wildman–Crippen MR) is 83.0 cm³/mol. The van der Waals surface area contributed by atoms with Crippen molar-refractivity contribution in [3.8, 4) is 0 Å². The third kappa shape index (κ3) is 2.62. The number of amidine groups is 1. The second-order valence-electron chi connectivity index (χ2n) is 4.46. The molecule has 0 atom stereocenters. The topological polar surface area (TPSA) is 32.7 Å². The summed E-state index contributed by atoms with van der Waals surface area (Å²) < 4.78 is 0.977. The smallest absolute Gasteiger partial charge is 0.278 e. The van der Waals surface area contributed by atoms with Crippen LogP contribution in [0.1, 0.15) is 18.4 Å². The third-order valence-corrected chi connectivity index (χ3v) is 4.90. The molecule has 1 saturated heterocycles. The van der Waals surface area contributed by atoms with Gasteiger partial charge in [0.15, 0.2) is 5.17 Å². The molecule has 2 heterocycles. The monoisotopic (exact) mass is 336 g/mol. The minimum atomic E-state index is 0.0279. The summed E-state index contributed by atoms with van der Waals surface area (Å²) in [6.45, 7) is 0.790. The Morgan fingerprint density at radius 1 is 1.32 bits per heavy atom. The van der Waals surface area contributed by atoms with Crippen molar-refractivity contribution in [1.29, 1.82) is 0 Å². The highest BCUT2D eigenvalue weighted by atomic mass is 79.9. The highest BCUT2D eigenvalue weighted by Crippen LogP contribution is 2.28. The van der Waals surface area contributed by atoms with Crippen LogP contribution in [-0.2, 0) is 4.79 Å². The van der Waals surface area contributed by atoms with Crippen LogP contribution >= 0.6 is 27.7 Å². The van der Waals surface area contributed by atoms with E-state index in [1.807, 2.05) is 30.3 Å². The average molecular weight is 337 g/mol. The molecule has 98 valence electrons. The molecule has 3 nitrogen and oxygen atoms in total. The molecule has 1 amide bonds. The van der Waals surface area contributed by atoms with Crippen LogP contribution < -0.4 is 0 Å². The number of aliphatic imine (C=N–C) groups is 1. The Bertz CT molecular complexity index is 583. The van der Waals surface area contributed by atoms with E-state index in [9.17, 15) is 4.79 Å². The molecule has 0 saturated carbocycles. The molecule has 0 spiro atoms. The van der Waals surface area contributed by atoms with E-state index in [4.69, 9.17) is 0 Å². The van der Waals surface area contributed by atoms with E-state index in [-0.39, 0.29) is 5.91 Å². The third-order valence-electron chi connectivity index (χ3n) is 3.12. The van der Waals surface area contributed by atoms with E-state index in [0.717, 1.165) is 40.3 Å². The Morgan fingerprint density at radius 3 is 3.00 bits per heavy atom. The lowest BCUT2D eigenvalue weighted by Crippen LogP contribution is -2.30. The van der Waals surface area contributed by atoms with Gasteiger partial charge in [-0.1, -0.05) is 45.9 Å². The fourth-order valence-corrected chi connectivity index (χ4v) is 3.54. The zero-order chi connectivity index (χ0) is 13.2. The second kappa shape index (κ2) is 5.51. The molecular formula is C14H13BrN2OS. The maximum atomic E-state index is 12.3. The van der Waals surface area contributed by atoms with Crippen molar-refractivity contribution >= 4 is 44.8 Å². The summed E-state index contributed by atoms with van der Waals surface area (Å²) in [4.78, 5) is 18.6. The molecule has 2 aliphatic heterocycles. The van der Waals surface area contributed by atoms with Gasteiger partial charge in [-0.3, -0.25) is 9.69 Å². The lowest BCUT2D eigenvalue weighted by atomic mass is 10.2. The van der Waals surface area contributed by atoms with E-state index >= 15 is 0 Å². The zero-order valence-corrected chi connectivity index (χ0v) is 12.7. The van der Waals surface area contributed by atoms with Crippen LogP contribution in [0.15, 0.2) is 39.4 Å². The number of hydrogen-bond acceptors (Lipinski definition) is 3. The number of hydrogen-bond donors (Lipinski definition) is 0. The molecule has 0 radical (unpaired) electrons. The Hall–Kier alpha value is -1.07. The molecule has 0 unspecified atom stereocenters. The molecule has 19 heavy (non-hydrogen) atoms. The summed E-state index contributed by atoms with van der Waals surface area (Å²) in [5, 5.41) is 0.862. The van der Waals surface area contributed by atoms with Crippen molar-refractivity contribution in [3.05, 3.63) is 40.0 Å². The first-order valence-corrected chi connectivity index (χ1v) is 8.03. The van der Waals surface area contributed by atoms with Crippen molar-refractivity contribution in [1.82, 2.24) is 4.90 Å². The van der Waals surface area contributed by atoms with Gasteiger partial charge in [0.05, 0.1) is 0 Å². The van der Waals surface area contributed by atoms with Gasteiger partial charge in [0.25, 0.3) is 5.91 Å². The lowest BCUT2D eigenvalue weighted by Gasteiger charge is -2.13. The van der Waals surface area contributed by atoms with Gasteiger partial charge in [-0.05, 0) is 30.5 Å². The number of amides is 1. The van der Waals surface area contributed by atoms with Gasteiger partial charge in [0, 0.05) is 16.8 Å². The first-order valence-electron chi connectivity index (χ1n) is 6.25. The molecule has 5 heteroatoms. The minimum absolute atomic E-state index is 0.0279. The Kier molecular flexibility index (Phi) is 3.75. The summed E-state index contributed by atoms with van der Waals surface area (Å²) in [5.74, 6) is 1.07. The maximum Gasteiger partial charge on any atom is 0.278 e. The van der Waals surface area contributed by atoms with E-state index in [2.05, 4.69) is 20.9 Å². The predicted octanol–water partition coefficient (Wildman–Crippen LogP) is 3.52. The van der Waals surface area contributed by atoms with Crippen LogP contribution in [-0.4, -0.2) is 28.3 Å². The molecule has 1 aromatic rings. The SMILES string of the molecule is O=C1/C(=C/c2ccccc2Br)N=C2SCCCCN12. The molecule has 0 N–H and O–H groups in total. The van der Waals surface area contributed by atoms with Crippen molar-refractivity contribution in [2.45, 2.75) is 12.8 Å². The maximum absolute atomic E-state index is 12.3. The lowest BCUT2D eigenvalue weighted by molar-refractivity contribution is -0.122. The number of fused-ring (bicyclic) bond motifs is 1. The zero-order valence-electron chi connectivity index (χ0n) is 10.3. The fraction of sp³-hybridized carbons (Fsp3) is 0.286. The molecule has 1 fully saturated rings. The van der Waals surface area contributed by atoms with Gasteiger partial charge in [0.1, 0.15) is 5.70 Å². The first kappa shape index (κ1) is 12.9. The number of rotatable bonds is 1. The van der Waals surface area contributed by atoms with Crippen molar-refractivity contribution < 1.29 is 4.79 Å². The van der Waals surface area contributed by atoms with Crippen LogP contribution in [0.4, 0.5) is 0 Å². The van der Waals surface area contributed by atoms with Crippen molar-refractivity contribution in [3.63, 3.8) is 0 Å². The van der Waals surface area contributed by atoms with E-state index in [1.54, 1.807) is 16.7 Å². The summed E-state index contributed by atoms with van der Waals surface area (Å²) in [6.07, 6.45) is 4.06. The summed E-state index contributed by atoms with van der Waals surface area (Å²) in [5.41, 5.74) is 1.52. The summed E-state index contributed by atoms with van der Waals surface area (Å²) in [7, 11) is 0. The van der Waals surface area contributed by atoms with Crippen LogP contribution in [0, 0.1) is 0 Å². The van der Waals surface area contributed by atoms with E-state index in [0.29, 0.717) is 5.70 Å². The first-order chi connectivity index (χ1) is 9.25. The largest absolute Gasteiger partial charge is 0.286 e. The number of thioether (sulfide) groups is 1. The molecular weight excluding hydrogens is 324 g/mol. The van der Waals surface area contributed by atoms with Crippen molar-refractivity contribution in [2.75, 3.05) is 12.3 Å². The molecule has 1 aromatic carbocycles. The van der Waals surface area contributed by atoms with Gasteiger partial charge in [-0.25, -0.2) is 4.99 Å². The standard InChI is InChI=1S/C14H13BrN2OS/c15-11-6-2-1-5-10(11)9-12-13(18)17-7-3-4-8-19-14(17)16-12/h1-2,5-6,9H,3-4,7-8H2/b12-9-. The molecule has 0 aromatic heterocycles. The van der Waals surface area contributed by atoms with Crippen molar-refractivity contribution in [2.24, 2.45) is 4.99 Å². The summed E-state index contributed by atoms with van der Waals surface area (Å²) >= 11 is 5.17. The fourth-order valence-electron chi connectivity index (χ4n) is 2.11. The Morgan fingerprint density at radius 2 is 2.16 bits per heavy atom. The van der Waals surface area contributed by atoms with E-state index in [1.165, 1.54) is 0 Å². The number of halogens is 1. The normalized spacial score (nSPS) is 21.3. The van der Waals surface area contributed by atoms with Gasteiger partial charge in [-0.15, -0.1) is 0 Å². The highest BCUT2D eigenvalue weighted by Gasteiger charge is 2.31. The van der Waals surface area contributed by atoms with Gasteiger partial charge in [-0.2, -0.15) is 0 Å². The van der Waals surface area contributed by atoms with Crippen LogP contribution in [0.25, 0.3) is 6.08 Å².